The maximum Gasteiger partial charge on any atom is 0.223 e. The summed E-state index contributed by atoms with van der Waals surface area (Å²) in [5.74, 6) is 0.571. The predicted molar refractivity (Wildman–Crippen MR) is 256 cm³/mol. The molecule has 3 nitrogen and oxygen atoms in total. The number of carbonyl (C=O) groups excluding carboxylic acids is 1. The van der Waals surface area contributed by atoms with Gasteiger partial charge in [0.05, 0.1) is 6.10 Å². The molecule has 0 heterocycles. The maximum absolute atomic E-state index is 13.3. The number of allylic oxidation sites excluding steroid dienone is 2. The van der Waals surface area contributed by atoms with Crippen molar-refractivity contribution >= 4 is 5.91 Å². The number of aliphatic hydroxyl groups is 1. The molecular weight excluding hydrogens is 695 g/mol. The Morgan fingerprint density at radius 2 is 0.632 bits per heavy atom. The number of hydrogen-bond acceptors (Lipinski definition) is 2. The zero-order chi connectivity index (χ0) is 41.4. The number of nitrogens with one attached hydrogen (secondary N) is 1. The monoisotopic (exact) mass is 802 g/mol. The zero-order valence-corrected chi connectivity index (χ0v) is 39.7. The molecular formula is C54H107NO2. The highest BCUT2D eigenvalue weighted by Gasteiger charge is 2.17. The van der Waals surface area contributed by atoms with Gasteiger partial charge >= 0.3 is 0 Å². The van der Waals surface area contributed by atoms with Crippen LogP contribution in [0.2, 0.25) is 0 Å². The summed E-state index contributed by atoms with van der Waals surface area (Å²) in [7, 11) is 0. The summed E-state index contributed by atoms with van der Waals surface area (Å²) in [6, 6.07) is 0. The van der Waals surface area contributed by atoms with Crippen molar-refractivity contribution in [3.05, 3.63) is 12.2 Å². The maximum atomic E-state index is 13.3. The van der Waals surface area contributed by atoms with Crippen LogP contribution in [-0.2, 0) is 4.79 Å². The average molecular weight is 802 g/mol. The Morgan fingerprint density at radius 3 is 0.982 bits per heavy atom. The normalized spacial score (nSPS) is 12.8. The highest BCUT2D eigenvalue weighted by Crippen LogP contribution is 2.21. The lowest BCUT2D eigenvalue weighted by atomic mass is 9.93. The molecule has 57 heavy (non-hydrogen) atoms. The molecule has 0 aromatic rings. The van der Waals surface area contributed by atoms with Crippen LogP contribution in [0.1, 0.15) is 310 Å². The lowest BCUT2D eigenvalue weighted by Crippen LogP contribution is -2.31. The molecule has 0 radical (unpaired) electrons. The van der Waals surface area contributed by atoms with Gasteiger partial charge in [-0.15, -0.1) is 0 Å². The summed E-state index contributed by atoms with van der Waals surface area (Å²) >= 11 is 0. The molecule has 2 N–H and O–H groups in total. The summed E-state index contributed by atoms with van der Waals surface area (Å²) in [6.45, 7) is 7.71. The van der Waals surface area contributed by atoms with E-state index in [1.165, 1.54) is 257 Å². The Bertz CT molecular complexity index is 780. The van der Waals surface area contributed by atoms with Gasteiger partial charge in [-0.05, 0) is 57.8 Å². The van der Waals surface area contributed by atoms with E-state index in [-0.39, 0.29) is 12.0 Å². The van der Waals surface area contributed by atoms with E-state index in [0.717, 1.165) is 38.6 Å². The van der Waals surface area contributed by atoms with Crippen LogP contribution in [0, 0.1) is 5.92 Å². The van der Waals surface area contributed by atoms with E-state index in [1.54, 1.807) is 0 Å². The van der Waals surface area contributed by atoms with Crippen molar-refractivity contribution in [3.63, 3.8) is 0 Å². The quantitative estimate of drug-likeness (QED) is 0.0475. The van der Waals surface area contributed by atoms with Crippen molar-refractivity contribution in [2.45, 2.75) is 316 Å². The Labute approximate surface area is 360 Å². The first-order chi connectivity index (χ1) is 28.2. The van der Waals surface area contributed by atoms with Crippen molar-refractivity contribution in [2.24, 2.45) is 5.92 Å². The summed E-state index contributed by atoms with van der Waals surface area (Å²) in [5.41, 5.74) is 0. The van der Waals surface area contributed by atoms with Gasteiger partial charge in [-0.25, -0.2) is 0 Å². The molecule has 0 aromatic heterocycles. The third-order valence-corrected chi connectivity index (χ3v) is 12.7. The molecule has 2 unspecified atom stereocenters. The van der Waals surface area contributed by atoms with Crippen molar-refractivity contribution < 1.29 is 9.90 Å². The van der Waals surface area contributed by atoms with Gasteiger partial charge in [-0.3, -0.25) is 4.79 Å². The molecule has 1 amide bonds. The highest BCUT2D eigenvalue weighted by molar-refractivity contribution is 5.78. The minimum atomic E-state index is -0.0703. The first-order valence-corrected chi connectivity index (χ1v) is 26.8. The van der Waals surface area contributed by atoms with Crippen LogP contribution in [0.3, 0.4) is 0 Å². The molecule has 0 aromatic carbocycles. The van der Waals surface area contributed by atoms with Crippen LogP contribution in [0.5, 0.6) is 0 Å². The molecule has 340 valence electrons. The molecule has 0 bridgehead atoms. The van der Waals surface area contributed by atoms with E-state index in [0.29, 0.717) is 5.91 Å². The Balaban J connectivity index is 4.14. The molecule has 0 fully saturated rings. The fraction of sp³-hybridized carbons (Fsp3) is 0.944. The van der Waals surface area contributed by atoms with Gasteiger partial charge in [0.2, 0.25) is 5.91 Å². The molecule has 0 spiro atoms. The molecule has 0 aliphatic carbocycles. The Hall–Kier alpha value is -0.830. The molecule has 0 rings (SSSR count). The van der Waals surface area contributed by atoms with Crippen LogP contribution in [-0.4, -0.2) is 23.7 Å². The highest BCUT2D eigenvalue weighted by atomic mass is 16.3. The number of amides is 1. The number of rotatable bonds is 49. The fourth-order valence-corrected chi connectivity index (χ4v) is 8.68. The lowest BCUT2D eigenvalue weighted by molar-refractivity contribution is -0.125. The lowest BCUT2D eigenvalue weighted by Gasteiger charge is -2.17. The molecule has 0 aliphatic heterocycles. The van der Waals surface area contributed by atoms with Gasteiger partial charge in [-0.1, -0.05) is 264 Å². The van der Waals surface area contributed by atoms with Crippen molar-refractivity contribution in [1.29, 1.82) is 0 Å². The first kappa shape index (κ1) is 56.2. The fourth-order valence-electron chi connectivity index (χ4n) is 8.68. The predicted octanol–water partition coefficient (Wildman–Crippen LogP) is 18.3. The second kappa shape index (κ2) is 49.5. The number of carbonyl (C=O) groups is 1. The SMILES string of the molecule is CCCCCCCC/C=C\CCCCCCCCNC(=O)C(CCCCCCCCCCCCCCCC)CCCCCCCCCCCC(O)CCCCCC. The zero-order valence-electron chi connectivity index (χ0n) is 39.7. The molecule has 0 saturated carbocycles. The second-order valence-corrected chi connectivity index (χ2v) is 18.6. The van der Waals surface area contributed by atoms with Crippen LogP contribution in [0.4, 0.5) is 0 Å². The Kier molecular flexibility index (Phi) is 48.8. The van der Waals surface area contributed by atoms with Gasteiger partial charge in [-0.2, -0.15) is 0 Å². The van der Waals surface area contributed by atoms with E-state index in [1.807, 2.05) is 0 Å². The van der Waals surface area contributed by atoms with Gasteiger partial charge in [0.25, 0.3) is 0 Å². The minimum absolute atomic E-state index is 0.0703. The van der Waals surface area contributed by atoms with Crippen molar-refractivity contribution in [1.82, 2.24) is 5.32 Å². The van der Waals surface area contributed by atoms with Crippen LogP contribution < -0.4 is 5.32 Å². The van der Waals surface area contributed by atoms with E-state index in [2.05, 4.69) is 38.2 Å². The summed E-state index contributed by atoms with van der Waals surface area (Å²) in [6.07, 6.45) is 63.6. The van der Waals surface area contributed by atoms with E-state index in [4.69, 9.17) is 0 Å². The van der Waals surface area contributed by atoms with Gasteiger partial charge in [0.1, 0.15) is 0 Å². The van der Waals surface area contributed by atoms with Crippen LogP contribution in [0.25, 0.3) is 0 Å². The van der Waals surface area contributed by atoms with E-state index in [9.17, 15) is 9.90 Å². The molecule has 0 saturated heterocycles. The number of aliphatic hydroxyl groups excluding tert-OH is 1. The topological polar surface area (TPSA) is 49.3 Å². The summed E-state index contributed by atoms with van der Waals surface area (Å²) in [5, 5.41) is 13.6. The smallest absolute Gasteiger partial charge is 0.223 e. The van der Waals surface area contributed by atoms with Crippen LogP contribution >= 0.6 is 0 Å². The summed E-state index contributed by atoms with van der Waals surface area (Å²) in [4.78, 5) is 13.3. The second-order valence-electron chi connectivity index (χ2n) is 18.6. The minimum Gasteiger partial charge on any atom is -0.393 e. The van der Waals surface area contributed by atoms with E-state index >= 15 is 0 Å². The standard InChI is InChI=1S/C54H107NO2/c1-4-7-10-13-15-17-19-21-23-24-26-28-33-37-41-46-51-55-54(57)52(47-42-38-34-30-27-25-22-20-18-16-14-11-8-5-2)48-43-39-35-31-29-32-36-40-45-50-53(56)49-44-12-9-6-3/h21,23,52-53,56H,4-20,22,24-51H2,1-3H3,(H,55,57)/b23-21-. The van der Waals surface area contributed by atoms with Crippen molar-refractivity contribution in [2.75, 3.05) is 6.54 Å². The van der Waals surface area contributed by atoms with Crippen molar-refractivity contribution in [3.8, 4) is 0 Å². The third kappa shape index (κ3) is 46.1. The van der Waals surface area contributed by atoms with Gasteiger partial charge < -0.3 is 10.4 Å². The number of hydrogen-bond donors (Lipinski definition) is 2. The van der Waals surface area contributed by atoms with Gasteiger partial charge in [0, 0.05) is 12.5 Å². The largest absolute Gasteiger partial charge is 0.393 e. The van der Waals surface area contributed by atoms with E-state index < -0.39 is 0 Å². The molecule has 3 heteroatoms. The third-order valence-electron chi connectivity index (χ3n) is 12.7. The molecule has 2 atom stereocenters. The number of unbranched alkanes of at least 4 members (excludes halogenated alkanes) is 36. The first-order valence-electron chi connectivity index (χ1n) is 26.8. The molecule has 0 aliphatic rings. The Morgan fingerprint density at radius 1 is 0.368 bits per heavy atom. The van der Waals surface area contributed by atoms with Crippen LogP contribution in [0.15, 0.2) is 12.2 Å². The van der Waals surface area contributed by atoms with Gasteiger partial charge in [0.15, 0.2) is 0 Å². The average Bonchev–Trinajstić information content (AvgIpc) is 3.21. The summed E-state index contributed by atoms with van der Waals surface area (Å²) < 4.78 is 0.